The van der Waals surface area contributed by atoms with Crippen molar-refractivity contribution in [3.05, 3.63) is 28.5 Å². The van der Waals surface area contributed by atoms with E-state index in [1.165, 1.54) is 6.20 Å². The zero-order valence-electron chi connectivity index (χ0n) is 10.9. The molecule has 1 saturated carbocycles. The molecule has 0 saturated heterocycles. The number of pyridine rings is 1. The van der Waals surface area contributed by atoms with Crippen LogP contribution in [0, 0.1) is 18.3 Å². The van der Waals surface area contributed by atoms with E-state index in [1.807, 2.05) is 6.92 Å². The molecule has 1 aromatic heterocycles. The molecule has 2 rings (SSSR count). The molecule has 0 atom stereocenters. The molecule has 0 aromatic carbocycles. The largest absolute Gasteiger partial charge is 0.322 e. The highest BCUT2D eigenvalue weighted by Crippen LogP contribution is 2.26. The number of amides is 1. The summed E-state index contributed by atoms with van der Waals surface area (Å²) in [7, 11) is 0. The average molecular weight is 278 g/mol. The Morgan fingerprint density at radius 1 is 1.58 bits per heavy atom. The van der Waals surface area contributed by atoms with Crippen molar-refractivity contribution in [3.8, 4) is 6.07 Å². The monoisotopic (exact) mass is 277 g/mol. The van der Waals surface area contributed by atoms with Crippen molar-refractivity contribution in [1.29, 1.82) is 5.26 Å². The van der Waals surface area contributed by atoms with Gasteiger partial charge in [0.05, 0.1) is 16.7 Å². The van der Waals surface area contributed by atoms with Crippen molar-refractivity contribution in [2.24, 2.45) is 0 Å². The van der Waals surface area contributed by atoms with E-state index in [9.17, 15) is 4.79 Å². The Morgan fingerprint density at radius 2 is 2.26 bits per heavy atom. The molecular weight excluding hydrogens is 262 g/mol. The minimum Gasteiger partial charge on any atom is -0.322 e. The molecule has 5 heteroatoms. The van der Waals surface area contributed by atoms with E-state index < -0.39 is 0 Å². The van der Waals surface area contributed by atoms with Crippen LogP contribution in [0.3, 0.4) is 0 Å². The van der Waals surface area contributed by atoms with Gasteiger partial charge in [0.1, 0.15) is 6.54 Å². The third-order valence-corrected chi connectivity index (χ3v) is 3.80. The van der Waals surface area contributed by atoms with Crippen LogP contribution < -0.4 is 0 Å². The van der Waals surface area contributed by atoms with Gasteiger partial charge in [0.15, 0.2) is 0 Å². The molecule has 0 unspecified atom stereocenters. The Balaban J connectivity index is 2.25. The molecule has 0 N–H and O–H groups in total. The van der Waals surface area contributed by atoms with Gasteiger partial charge in [-0.1, -0.05) is 24.4 Å². The first kappa shape index (κ1) is 13.8. The van der Waals surface area contributed by atoms with Crippen LogP contribution in [-0.2, 0) is 0 Å². The van der Waals surface area contributed by atoms with Crippen LogP contribution >= 0.6 is 11.6 Å². The molecule has 0 radical (unpaired) electrons. The average Bonchev–Trinajstić information content (AvgIpc) is 2.89. The number of aryl methyl sites for hydroxylation is 1. The van der Waals surface area contributed by atoms with Crippen molar-refractivity contribution in [1.82, 2.24) is 9.88 Å². The Bertz CT molecular complexity index is 518. The summed E-state index contributed by atoms with van der Waals surface area (Å²) in [4.78, 5) is 18.2. The standard InChI is InChI=1S/C14H16ClN3O/c1-10-8-13(15)12(9-17-10)14(19)18(7-6-16)11-4-2-3-5-11/h8-9,11H,2-5,7H2,1H3. The number of rotatable bonds is 3. The highest BCUT2D eigenvalue weighted by molar-refractivity contribution is 6.33. The second-order valence-electron chi connectivity index (χ2n) is 4.83. The summed E-state index contributed by atoms with van der Waals surface area (Å²) in [5.74, 6) is -0.189. The van der Waals surface area contributed by atoms with E-state index in [4.69, 9.17) is 16.9 Å². The van der Waals surface area contributed by atoms with Crippen molar-refractivity contribution < 1.29 is 4.79 Å². The van der Waals surface area contributed by atoms with Crippen LogP contribution in [0.25, 0.3) is 0 Å². The smallest absolute Gasteiger partial charge is 0.258 e. The van der Waals surface area contributed by atoms with Crippen molar-refractivity contribution >= 4 is 17.5 Å². The predicted octanol–water partition coefficient (Wildman–Crippen LogP) is 2.95. The minimum atomic E-state index is -0.189. The zero-order chi connectivity index (χ0) is 13.8. The van der Waals surface area contributed by atoms with E-state index in [-0.39, 0.29) is 18.5 Å². The van der Waals surface area contributed by atoms with Gasteiger partial charge < -0.3 is 4.90 Å². The van der Waals surface area contributed by atoms with Crippen LogP contribution in [0.2, 0.25) is 5.02 Å². The SMILES string of the molecule is Cc1cc(Cl)c(C(=O)N(CC#N)C2CCCC2)cn1. The Kier molecular flexibility index (Phi) is 4.39. The van der Waals surface area contributed by atoms with Crippen LogP contribution in [0.1, 0.15) is 41.7 Å². The lowest BCUT2D eigenvalue weighted by molar-refractivity contribution is 0.0709. The highest BCUT2D eigenvalue weighted by Gasteiger charge is 2.28. The molecule has 4 nitrogen and oxygen atoms in total. The van der Waals surface area contributed by atoms with Crippen LogP contribution in [0.15, 0.2) is 12.3 Å². The lowest BCUT2D eigenvalue weighted by Crippen LogP contribution is -2.39. The minimum absolute atomic E-state index is 0.105. The third kappa shape index (κ3) is 3.05. The molecule has 100 valence electrons. The van der Waals surface area contributed by atoms with E-state index in [1.54, 1.807) is 11.0 Å². The number of carbonyl (C=O) groups excluding carboxylic acids is 1. The lowest BCUT2D eigenvalue weighted by atomic mass is 10.1. The maximum Gasteiger partial charge on any atom is 0.258 e. The van der Waals surface area contributed by atoms with E-state index in [0.29, 0.717) is 10.6 Å². The molecule has 1 aromatic rings. The Morgan fingerprint density at radius 3 is 2.84 bits per heavy atom. The maximum absolute atomic E-state index is 12.5. The topological polar surface area (TPSA) is 57.0 Å². The van der Waals surface area contributed by atoms with Gasteiger partial charge in [0.2, 0.25) is 0 Å². The van der Waals surface area contributed by atoms with Crippen LogP contribution in [0.5, 0.6) is 0 Å². The Hall–Kier alpha value is -1.60. The summed E-state index contributed by atoms with van der Waals surface area (Å²) >= 11 is 6.10. The number of hydrogen-bond acceptors (Lipinski definition) is 3. The summed E-state index contributed by atoms with van der Waals surface area (Å²) in [6, 6.07) is 3.90. The van der Waals surface area contributed by atoms with Crippen LogP contribution in [-0.4, -0.2) is 28.4 Å². The first-order valence-electron chi connectivity index (χ1n) is 6.43. The summed E-state index contributed by atoms with van der Waals surface area (Å²) in [6.45, 7) is 1.93. The second-order valence-corrected chi connectivity index (χ2v) is 5.24. The fourth-order valence-corrected chi connectivity index (χ4v) is 2.78. The van der Waals surface area contributed by atoms with Gasteiger partial charge in [0, 0.05) is 17.9 Å². The Labute approximate surface area is 118 Å². The summed E-state index contributed by atoms with van der Waals surface area (Å²) in [5, 5.41) is 9.32. The fourth-order valence-electron chi connectivity index (χ4n) is 2.50. The van der Waals surface area contributed by atoms with Gasteiger partial charge in [-0.15, -0.1) is 0 Å². The van der Waals surface area contributed by atoms with Gasteiger partial charge in [-0.25, -0.2) is 0 Å². The van der Waals surface area contributed by atoms with Crippen molar-refractivity contribution in [2.75, 3.05) is 6.54 Å². The molecule has 1 aliphatic carbocycles. The molecular formula is C14H16ClN3O. The number of nitrogens with zero attached hydrogens (tertiary/aromatic N) is 3. The van der Waals surface area contributed by atoms with Gasteiger partial charge in [-0.3, -0.25) is 9.78 Å². The van der Waals surface area contributed by atoms with E-state index in [2.05, 4.69) is 11.1 Å². The van der Waals surface area contributed by atoms with E-state index in [0.717, 1.165) is 31.4 Å². The first-order valence-corrected chi connectivity index (χ1v) is 6.81. The zero-order valence-corrected chi connectivity index (χ0v) is 11.7. The van der Waals surface area contributed by atoms with E-state index >= 15 is 0 Å². The molecule has 1 heterocycles. The lowest BCUT2D eigenvalue weighted by Gasteiger charge is -2.26. The number of halogens is 1. The third-order valence-electron chi connectivity index (χ3n) is 3.49. The summed E-state index contributed by atoms with van der Waals surface area (Å²) in [6.07, 6.45) is 5.65. The molecule has 1 amide bonds. The number of nitriles is 1. The molecule has 0 aliphatic heterocycles. The number of hydrogen-bond donors (Lipinski definition) is 0. The molecule has 1 fully saturated rings. The van der Waals surface area contributed by atoms with Crippen molar-refractivity contribution in [2.45, 2.75) is 38.6 Å². The van der Waals surface area contributed by atoms with Gasteiger partial charge in [0.25, 0.3) is 5.91 Å². The molecule has 0 bridgehead atoms. The molecule has 19 heavy (non-hydrogen) atoms. The predicted molar refractivity (Wildman–Crippen MR) is 72.9 cm³/mol. The summed E-state index contributed by atoms with van der Waals surface area (Å²) < 4.78 is 0. The number of aromatic nitrogens is 1. The normalized spacial score (nSPS) is 15.2. The first-order chi connectivity index (χ1) is 9.13. The van der Waals surface area contributed by atoms with Gasteiger partial charge in [-0.05, 0) is 25.8 Å². The molecule has 1 aliphatic rings. The van der Waals surface area contributed by atoms with Crippen LogP contribution in [0.4, 0.5) is 0 Å². The van der Waals surface area contributed by atoms with Gasteiger partial charge in [-0.2, -0.15) is 5.26 Å². The van der Waals surface area contributed by atoms with Gasteiger partial charge >= 0.3 is 0 Å². The van der Waals surface area contributed by atoms with Crippen molar-refractivity contribution in [3.63, 3.8) is 0 Å². The second kappa shape index (κ2) is 6.03. The quantitative estimate of drug-likeness (QED) is 0.798. The number of carbonyl (C=O) groups is 1. The maximum atomic E-state index is 12.5. The summed E-state index contributed by atoms with van der Waals surface area (Å²) in [5.41, 5.74) is 1.16. The fraction of sp³-hybridized carbons (Fsp3) is 0.500. The highest BCUT2D eigenvalue weighted by atomic mass is 35.5. The molecule has 0 spiro atoms.